The lowest BCUT2D eigenvalue weighted by molar-refractivity contribution is -0.385. The lowest BCUT2D eigenvalue weighted by atomic mass is 10.1. The highest BCUT2D eigenvalue weighted by Gasteiger charge is 2.21. The number of nitrogens with zero attached hydrogens (tertiary/aromatic N) is 3. The molecule has 1 aromatic heterocycles. The molecule has 1 heterocycles. The van der Waals surface area contributed by atoms with Gasteiger partial charge in [-0.2, -0.15) is 4.98 Å². The Morgan fingerprint density at radius 2 is 1.95 bits per heavy atom. The highest BCUT2D eigenvalue weighted by atomic mass is 16.6. The van der Waals surface area contributed by atoms with Crippen molar-refractivity contribution in [3.8, 4) is 0 Å². The number of hydrogen-bond acceptors (Lipinski definition) is 6. The van der Waals surface area contributed by atoms with Gasteiger partial charge in [-0.05, 0) is 24.5 Å². The number of nitrogen functional groups attached to an aromatic ring is 1. The topological polar surface area (TPSA) is 107 Å². The van der Waals surface area contributed by atoms with Gasteiger partial charge in [-0.15, -0.1) is 0 Å². The molecule has 110 valence electrons. The maximum absolute atomic E-state index is 11.1. The summed E-state index contributed by atoms with van der Waals surface area (Å²) in [5.74, 6) is 0.167. The van der Waals surface area contributed by atoms with Gasteiger partial charge in [-0.1, -0.05) is 31.2 Å². The molecule has 2 rings (SSSR count). The Kier molecular flexibility index (Phi) is 4.32. The molecular formula is C14H17N5O2. The van der Waals surface area contributed by atoms with Crippen molar-refractivity contribution in [3.63, 3.8) is 0 Å². The summed E-state index contributed by atoms with van der Waals surface area (Å²) < 4.78 is 0. The zero-order valence-corrected chi connectivity index (χ0v) is 12.0. The molecule has 2 aromatic rings. The first-order valence-corrected chi connectivity index (χ1v) is 6.62. The number of nitrogens with one attached hydrogen (secondary N) is 1. The molecule has 0 aliphatic carbocycles. The standard InChI is InChI=1S/C14H17N5O2/c1-3-10-6-4-5-7-11(10)8-16-13-12(19(20)21)9(2)17-14(15)18-13/h4-7H,3,8H2,1-2H3,(H3,15,16,17,18). The molecule has 0 aliphatic rings. The Morgan fingerprint density at radius 1 is 1.29 bits per heavy atom. The van der Waals surface area contributed by atoms with Gasteiger partial charge in [0.15, 0.2) is 0 Å². The molecule has 0 spiro atoms. The summed E-state index contributed by atoms with van der Waals surface area (Å²) in [6.45, 7) is 4.05. The molecule has 0 aliphatic heterocycles. The Morgan fingerprint density at radius 3 is 2.57 bits per heavy atom. The van der Waals surface area contributed by atoms with Crippen molar-refractivity contribution in [3.05, 3.63) is 51.2 Å². The fraction of sp³-hybridized carbons (Fsp3) is 0.286. The van der Waals surface area contributed by atoms with E-state index in [9.17, 15) is 10.1 Å². The number of aryl methyl sites for hydroxylation is 2. The predicted octanol–water partition coefficient (Wildman–Crippen LogP) is 2.45. The van der Waals surface area contributed by atoms with Crippen LogP contribution in [0.25, 0.3) is 0 Å². The van der Waals surface area contributed by atoms with Crippen molar-refractivity contribution >= 4 is 17.5 Å². The van der Waals surface area contributed by atoms with Gasteiger partial charge in [0.2, 0.25) is 11.8 Å². The summed E-state index contributed by atoms with van der Waals surface area (Å²) in [5.41, 5.74) is 7.94. The largest absolute Gasteiger partial charge is 0.368 e. The third-order valence-electron chi connectivity index (χ3n) is 3.20. The monoisotopic (exact) mass is 287 g/mol. The van der Waals surface area contributed by atoms with Crippen LogP contribution in [0.3, 0.4) is 0 Å². The first kappa shape index (κ1) is 14.7. The zero-order valence-electron chi connectivity index (χ0n) is 12.0. The fourth-order valence-corrected chi connectivity index (χ4v) is 2.18. The normalized spacial score (nSPS) is 10.4. The highest BCUT2D eigenvalue weighted by Crippen LogP contribution is 2.26. The van der Waals surface area contributed by atoms with Crippen LogP contribution in [0.2, 0.25) is 0 Å². The summed E-state index contributed by atoms with van der Waals surface area (Å²) >= 11 is 0. The first-order chi connectivity index (χ1) is 10.0. The van der Waals surface area contributed by atoms with Gasteiger partial charge < -0.3 is 11.1 Å². The number of hydrogen-bond donors (Lipinski definition) is 2. The molecule has 0 radical (unpaired) electrons. The minimum atomic E-state index is -0.497. The van der Waals surface area contributed by atoms with Crippen LogP contribution in [-0.4, -0.2) is 14.9 Å². The molecule has 0 saturated heterocycles. The Bertz CT molecular complexity index is 672. The lowest BCUT2D eigenvalue weighted by Gasteiger charge is -2.11. The van der Waals surface area contributed by atoms with Crippen LogP contribution in [0, 0.1) is 17.0 Å². The Labute approximate surface area is 122 Å². The number of nitro groups is 1. The van der Waals surface area contributed by atoms with Gasteiger partial charge in [0, 0.05) is 6.54 Å². The first-order valence-electron chi connectivity index (χ1n) is 6.62. The van der Waals surface area contributed by atoms with E-state index in [1.54, 1.807) is 6.92 Å². The molecule has 0 atom stereocenters. The van der Waals surface area contributed by atoms with Crippen molar-refractivity contribution < 1.29 is 4.92 Å². The molecule has 0 saturated carbocycles. The van der Waals surface area contributed by atoms with Crippen molar-refractivity contribution in [2.24, 2.45) is 0 Å². The van der Waals surface area contributed by atoms with Crippen molar-refractivity contribution in [2.45, 2.75) is 26.8 Å². The van der Waals surface area contributed by atoms with Crippen LogP contribution >= 0.6 is 0 Å². The number of benzene rings is 1. The molecular weight excluding hydrogens is 270 g/mol. The average molecular weight is 287 g/mol. The van der Waals surface area contributed by atoms with E-state index in [2.05, 4.69) is 22.2 Å². The van der Waals surface area contributed by atoms with Crippen LogP contribution in [-0.2, 0) is 13.0 Å². The molecule has 7 nitrogen and oxygen atoms in total. The second kappa shape index (κ2) is 6.17. The summed E-state index contributed by atoms with van der Waals surface area (Å²) in [6, 6.07) is 7.92. The maximum Gasteiger partial charge on any atom is 0.332 e. The quantitative estimate of drug-likeness (QED) is 0.646. The molecule has 1 aromatic carbocycles. The van der Waals surface area contributed by atoms with E-state index in [0.717, 1.165) is 12.0 Å². The lowest BCUT2D eigenvalue weighted by Crippen LogP contribution is -2.10. The van der Waals surface area contributed by atoms with Crippen LogP contribution in [0.5, 0.6) is 0 Å². The second-order valence-corrected chi connectivity index (χ2v) is 4.60. The maximum atomic E-state index is 11.1. The molecule has 21 heavy (non-hydrogen) atoms. The molecule has 0 fully saturated rings. The number of rotatable bonds is 5. The summed E-state index contributed by atoms with van der Waals surface area (Å²) in [7, 11) is 0. The second-order valence-electron chi connectivity index (χ2n) is 4.60. The molecule has 0 bridgehead atoms. The van der Waals surface area contributed by atoms with E-state index in [0.29, 0.717) is 6.54 Å². The van der Waals surface area contributed by atoms with Crippen LogP contribution in [0.1, 0.15) is 23.7 Å². The SMILES string of the molecule is CCc1ccccc1CNc1nc(N)nc(C)c1[N+](=O)[O-]. The summed E-state index contributed by atoms with van der Waals surface area (Å²) in [4.78, 5) is 18.4. The smallest absolute Gasteiger partial charge is 0.332 e. The molecule has 3 N–H and O–H groups in total. The van der Waals surface area contributed by atoms with Gasteiger partial charge >= 0.3 is 5.69 Å². The van der Waals surface area contributed by atoms with Gasteiger partial charge in [0.25, 0.3) is 0 Å². The van der Waals surface area contributed by atoms with E-state index in [1.807, 2.05) is 24.3 Å². The van der Waals surface area contributed by atoms with Gasteiger partial charge in [-0.25, -0.2) is 4.98 Å². The fourth-order valence-electron chi connectivity index (χ4n) is 2.18. The number of anilines is 2. The van der Waals surface area contributed by atoms with E-state index in [-0.39, 0.29) is 23.1 Å². The van der Waals surface area contributed by atoms with E-state index >= 15 is 0 Å². The number of nitrogens with two attached hydrogens (primary N) is 1. The van der Waals surface area contributed by atoms with Crippen molar-refractivity contribution in [1.82, 2.24) is 9.97 Å². The third kappa shape index (κ3) is 3.25. The zero-order chi connectivity index (χ0) is 15.4. The van der Waals surface area contributed by atoms with Gasteiger partial charge in [0.05, 0.1) is 4.92 Å². The van der Waals surface area contributed by atoms with Gasteiger partial charge in [-0.3, -0.25) is 10.1 Å². The molecule has 7 heteroatoms. The molecule has 0 amide bonds. The average Bonchev–Trinajstić information content (AvgIpc) is 2.44. The highest BCUT2D eigenvalue weighted by molar-refractivity contribution is 5.60. The molecule has 0 unspecified atom stereocenters. The van der Waals surface area contributed by atoms with Gasteiger partial charge in [0.1, 0.15) is 5.69 Å². The van der Waals surface area contributed by atoms with E-state index in [4.69, 9.17) is 5.73 Å². The minimum Gasteiger partial charge on any atom is -0.368 e. The summed E-state index contributed by atoms with van der Waals surface area (Å²) in [6.07, 6.45) is 0.894. The van der Waals surface area contributed by atoms with Crippen LogP contribution in [0.4, 0.5) is 17.5 Å². The van der Waals surface area contributed by atoms with Crippen LogP contribution in [0.15, 0.2) is 24.3 Å². The Hall–Kier alpha value is -2.70. The van der Waals surface area contributed by atoms with Crippen molar-refractivity contribution in [2.75, 3.05) is 11.1 Å². The Balaban J connectivity index is 2.30. The number of aromatic nitrogens is 2. The summed E-state index contributed by atoms with van der Waals surface area (Å²) in [5, 5.41) is 14.1. The third-order valence-corrected chi connectivity index (χ3v) is 3.20. The minimum absolute atomic E-state index is 0.0179. The predicted molar refractivity (Wildman–Crippen MR) is 81.0 cm³/mol. The van der Waals surface area contributed by atoms with E-state index < -0.39 is 4.92 Å². The van der Waals surface area contributed by atoms with Crippen molar-refractivity contribution in [1.29, 1.82) is 0 Å². The van der Waals surface area contributed by atoms with Crippen LogP contribution < -0.4 is 11.1 Å². The van der Waals surface area contributed by atoms with E-state index in [1.165, 1.54) is 5.56 Å².